The van der Waals surface area contributed by atoms with Crippen LogP contribution in [0.5, 0.6) is 0 Å². The summed E-state index contributed by atoms with van der Waals surface area (Å²) >= 11 is 0. The molecule has 0 aromatic heterocycles. The first-order valence-electron chi connectivity index (χ1n) is 6.46. The van der Waals surface area contributed by atoms with Crippen LogP contribution >= 0.6 is 0 Å². The molecule has 0 radical (unpaired) electrons. The standard InChI is InChI=1S/C14H18N2O2/c15-14(6-3-7-14)13(18)16-12-10-5-2-1-4-9(10)8-11(12)17/h1-2,4-5,11-12,17H,3,6-8,15H2,(H,16,18)/t11-,12+/m1/s1. The molecule has 18 heavy (non-hydrogen) atoms. The van der Waals surface area contributed by atoms with E-state index in [2.05, 4.69) is 5.32 Å². The van der Waals surface area contributed by atoms with Crippen molar-refractivity contribution in [1.29, 1.82) is 0 Å². The van der Waals surface area contributed by atoms with Crippen molar-refractivity contribution >= 4 is 5.91 Å². The second-order valence-corrected chi connectivity index (χ2v) is 5.43. The Morgan fingerprint density at radius 1 is 1.39 bits per heavy atom. The van der Waals surface area contributed by atoms with Crippen LogP contribution in [-0.4, -0.2) is 22.7 Å². The highest BCUT2D eigenvalue weighted by molar-refractivity contribution is 5.87. The molecule has 0 saturated heterocycles. The number of carbonyl (C=O) groups excluding carboxylic acids is 1. The first-order valence-corrected chi connectivity index (χ1v) is 6.46. The number of rotatable bonds is 2. The SMILES string of the molecule is NC1(C(=O)N[C@H]2c3ccccc3C[C@H]2O)CCC1. The Morgan fingerprint density at radius 2 is 2.11 bits per heavy atom. The van der Waals surface area contributed by atoms with E-state index < -0.39 is 11.6 Å². The van der Waals surface area contributed by atoms with E-state index in [0.29, 0.717) is 6.42 Å². The van der Waals surface area contributed by atoms with Gasteiger partial charge in [0.2, 0.25) is 5.91 Å². The van der Waals surface area contributed by atoms with Crippen LogP contribution in [0.2, 0.25) is 0 Å². The zero-order valence-electron chi connectivity index (χ0n) is 10.2. The molecule has 1 saturated carbocycles. The van der Waals surface area contributed by atoms with Crippen LogP contribution in [0.3, 0.4) is 0 Å². The molecule has 96 valence electrons. The average molecular weight is 246 g/mol. The van der Waals surface area contributed by atoms with Gasteiger partial charge in [-0.25, -0.2) is 0 Å². The van der Waals surface area contributed by atoms with Crippen molar-refractivity contribution in [2.24, 2.45) is 5.73 Å². The van der Waals surface area contributed by atoms with Crippen molar-refractivity contribution in [3.8, 4) is 0 Å². The number of carbonyl (C=O) groups is 1. The van der Waals surface area contributed by atoms with E-state index in [4.69, 9.17) is 5.73 Å². The lowest BCUT2D eigenvalue weighted by molar-refractivity contribution is -0.130. The van der Waals surface area contributed by atoms with Gasteiger partial charge in [-0.15, -0.1) is 0 Å². The van der Waals surface area contributed by atoms with Crippen molar-refractivity contribution in [3.63, 3.8) is 0 Å². The Hall–Kier alpha value is -1.39. The predicted octanol–water partition coefficient (Wildman–Crippen LogP) is 0.642. The number of hydrogen-bond donors (Lipinski definition) is 3. The fourth-order valence-corrected chi connectivity index (χ4v) is 2.82. The van der Waals surface area contributed by atoms with Gasteiger partial charge < -0.3 is 16.2 Å². The van der Waals surface area contributed by atoms with E-state index in [1.807, 2.05) is 24.3 Å². The smallest absolute Gasteiger partial charge is 0.240 e. The fourth-order valence-electron chi connectivity index (χ4n) is 2.82. The van der Waals surface area contributed by atoms with E-state index in [-0.39, 0.29) is 11.9 Å². The molecule has 1 aromatic rings. The molecule has 0 heterocycles. The third-order valence-corrected chi connectivity index (χ3v) is 4.19. The average Bonchev–Trinajstić information content (AvgIpc) is 2.63. The summed E-state index contributed by atoms with van der Waals surface area (Å²) in [5, 5.41) is 13.0. The minimum Gasteiger partial charge on any atom is -0.390 e. The molecule has 1 aromatic carbocycles. The third-order valence-electron chi connectivity index (χ3n) is 4.19. The van der Waals surface area contributed by atoms with E-state index in [9.17, 15) is 9.90 Å². The van der Waals surface area contributed by atoms with Crippen LogP contribution in [0.25, 0.3) is 0 Å². The Labute approximate surface area is 106 Å². The maximum atomic E-state index is 12.1. The minimum atomic E-state index is -0.711. The summed E-state index contributed by atoms with van der Waals surface area (Å²) in [7, 11) is 0. The Morgan fingerprint density at radius 3 is 2.78 bits per heavy atom. The predicted molar refractivity (Wildman–Crippen MR) is 67.8 cm³/mol. The highest BCUT2D eigenvalue weighted by Gasteiger charge is 2.42. The number of aliphatic hydroxyl groups excluding tert-OH is 1. The second-order valence-electron chi connectivity index (χ2n) is 5.43. The number of nitrogens with one attached hydrogen (secondary N) is 1. The van der Waals surface area contributed by atoms with Crippen LogP contribution in [-0.2, 0) is 11.2 Å². The lowest BCUT2D eigenvalue weighted by Crippen LogP contribution is -2.59. The summed E-state index contributed by atoms with van der Waals surface area (Å²) in [5.41, 5.74) is 7.41. The lowest BCUT2D eigenvalue weighted by Gasteiger charge is -2.37. The molecule has 0 bridgehead atoms. The van der Waals surface area contributed by atoms with Gasteiger partial charge in [-0.1, -0.05) is 24.3 Å². The molecule has 2 aliphatic carbocycles. The molecule has 3 rings (SSSR count). The molecule has 1 amide bonds. The summed E-state index contributed by atoms with van der Waals surface area (Å²) in [6.45, 7) is 0. The van der Waals surface area contributed by atoms with Crippen molar-refractivity contribution in [2.75, 3.05) is 0 Å². The Kier molecular flexibility index (Phi) is 2.64. The van der Waals surface area contributed by atoms with Gasteiger partial charge in [0.25, 0.3) is 0 Å². The quantitative estimate of drug-likeness (QED) is 0.717. The van der Waals surface area contributed by atoms with Gasteiger partial charge >= 0.3 is 0 Å². The van der Waals surface area contributed by atoms with Gasteiger partial charge in [-0.3, -0.25) is 4.79 Å². The van der Waals surface area contributed by atoms with E-state index in [0.717, 1.165) is 30.4 Å². The molecule has 2 aliphatic rings. The van der Waals surface area contributed by atoms with Crippen molar-refractivity contribution in [3.05, 3.63) is 35.4 Å². The Bertz CT molecular complexity index is 482. The van der Waals surface area contributed by atoms with Crippen LogP contribution in [0.1, 0.15) is 36.4 Å². The molecule has 2 atom stereocenters. The maximum absolute atomic E-state index is 12.1. The van der Waals surface area contributed by atoms with E-state index in [1.165, 1.54) is 0 Å². The number of nitrogens with two attached hydrogens (primary N) is 1. The van der Waals surface area contributed by atoms with Gasteiger partial charge in [0.15, 0.2) is 0 Å². The lowest BCUT2D eigenvalue weighted by atomic mass is 9.77. The molecular weight excluding hydrogens is 228 g/mol. The first-order chi connectivity index (χ1) is 8.60. The molecule has 1 fully saturated rings. The maximum Gasteiger partial charge on any atom is 0.240 e. The number of benzene rings is 1. The van der Waals surface area contributed by atoms with Crippen molar-refractivity contribution in [2.45, 2.75) is 43.4 Å². The minimum absolute atomic E-state index is 0.130. The molecule has 0 aliphatic heterocycles. The monoisotopic (exact) mass is 246 g/mol. The van der Waals surface area contributed by atoms with Gasteiger partial charge in [0.05, 0.1) is 17.7 Å². The molecule has 0 spiro atoms. The number of amides is 1. The number of fused-ring (bicyclic) bond motifs is 1. The van der Waals surface area contributed by atoms with Crippen LogP contribution in [0, 0.1) is 0 Å². The van der Waals surface area contributed by atoms with E-state index in [1.54, 1.807) is 0 Å². The largest absolute Gasteiger partial charge is 0.390 e. The van der Waals surface area contributed by atoms with E-state index >= 15 is 0 Å². The topological polar surface area (TPSA) is 75.4 Å². The summed E-state index contributed by atoms with van der Waals surface area (Å²) in [6, 6.07) is 7.52. The van der Waals surface area contributed by atoms with Crippen LogP contribution in [0.4, 0.5) is 0 Å². The fraction of sp³-hybridized carbons (Fsp3) is 0.500. The molecule has 4 N–H and O–H groups in total. The molecule has 4 heteroatoms. The highest BCUT2D eigenvalue weighted by Crippen LogP contribution is 2.34. The normalized spacial score (nSPS) is 28.3. The summed E-state index contributed by atoms with van der Waals surface area (Å²) in [4.78, 5) is 12.1. The Balaban J connectivity index is 1.79. The van der Waals surface area contributed by atoms with Crippen LogP contribution < -0.4 is 11.1 Å². The summed E-state index contributed by atoms with van der Waals surface area (Å²) in [5.74, 6) is -0.130. The van der Waals surface area contributed by atoms with Crippen LogP contribution in [0.15, 0.2) is 24.3 Å². The number of hydrogen-bond acceptors (Lipinski definition) is 3. The van der Waals surface area contributed by atoms with Gasteiger partial charge in [0.1, 0.15) is 0 Å². The second kappa shape index (κ2) is 4.07. The van der Waals surface area contributed by atoms with Gasteiger partial charge in [-0.2, -0.15) is 0 Å². The third kappa shape index (κ3) is 1.72. The first kappa shape index (κ1) is 11.7. The highest BCUT2D eigenvalue weighted by atomic mass is 16.3. The zero-order valence-corrected chi connectivity index (χ0v) is 10.2. The zero-order chi connectivity index (χ0) is 12.8. The van der Waals surface area contributed by atoms with Gasteiger partial charge in [0, 0.05) is 6.42 Å². The van der Waals surface area contributed by atoms with Crippen molar-refractivity contribution in [1.82, 2.24) is 5.32 Å². The molecule has 4 nitrogen and oxygen atoms in total. The molecular formula is C14H18N2O2. The number of aliphatic hydroxyl groups is 1. The van der Waals surface area contributed by atoms with Crippen molar-refractivity contribution < 1.29 is 9.90 Å². The summed E-state index contributed by atoms with van der Waals surface area (Å²) < 4.78 is 0. The summed E-state index contributed by atoms with van der Waals surface area (Å²) in [6.07, 6.45) is 2.54. The van der Waals surface area contributed by atoms with Gasteiger partial charge in [-0.05, 0) is 30.4 Å². The molecule has 0 unspecified atom stereocenters.